The number of piperazine rings is 1. The van der Waals surface area contributed by atoms with E-state index in [4.69, 9.17) is 5.73 Å². The van der Waals surface area contributed by atoms with E-state index in [0.717, 1.165) is 57.8 Å². The van der Waals surface area contributed by atoms with Crippen molar-refractivity contribution >= 4 is 5.91 Å². The lowest BCUT2D eigenvalue weighted by molar-refractivity contribution is -0.146. The molecular formula is C16H31N3O. The fourth-order valence-electron chi connectivity index (χ4n) is 3.60. The minimum Gasteiger partial charge on any atom is -0.340 e. The largest absolute Gasteiger partial charge is 0.340 e. The molecule has 1 aliphatic carbocycles. The molecule has 0 bridgehead atoms. The summed E-state index contributed by atoms with van der Waals surface area (Å²) in [5.41, 5.74) is 5.75. The van der Waals surface area contributed by atoms with Gasteiger partial charge in [-0.2, -0.15) is 0 Å². The van der Waals surface area contributed by atoms with Gasteiger partial charge in [-0.05, 0) is 45.4 Å². The summed E-state index contributed by atoms with van der Waals surface area (Å²) in [7, 11) is 0. The van der Waals surface area contributed by atoms with Crippen molar-refractivity contribution in [2.24, 2.45) is 17.1 Å². The quantitative estimate of drug-likeness (QED) is 0.856. The van der Waals surface area contributed by atoms with E-state index in [-0.39, 0.29) is 5.41 Å². The van der Waals surface area contributed by atoms with E-state index in [1.165, 1.54) is 0 Å². The average Bonchev–Trinajstić information content (AvgIpc) is 2.48. The van der Waals surface area contributed by atoms with Crippen LogP contribution in [0.5, 0.6) is 0 Å². The number of rotatable bonds is 3. The van der Waals surface area contributed by atoms with E-state index in [1.807, 2.05) is 0 Å². The zero-order chi connectivity index (χ0) is 14.8. The van der Waals surface area contributed by atoms with Crippen LogP contribution in [0, 0.1) is 11.3 Å². The summed E-state index contributed by atoms with van der Waals surface area (Å²) in [6, 6.07) is 0.575. The van der Waals surface area contributed by atoms with Crippen LogP contribution < -0.4 is 5.73 Å². The van der Waals surface area contributed by atoms with Crippen molar-refractivity contribution in [3.8, 4) is 0 Å². The van der Waals surface area contributed by atoms with E-state index >= 15 is 0 Å². The molecular weight excluding hydrogens is 250 g/mol. The van der Waals surface area contributed by atoms with Crippen molar-refractivity contribution in [2.75, 3.05) is 32.7 Å². The van der Waals surface area contributed by atoms with E-state index in [1.54, 1.807) is 0 Å². The second-order valence-corrected chi connectivity index (χ2v) is 7.09. The SMILES string of the molecule is CC1CCC(CN)(C(=O)N2CCN(C(C)C)CC2)CC1. The Labute approximate surface area is 123 Å². The minimum absolute atomic E-state index is 0.257. The summed E-state index contributed by atoms with van der Waals surface area (Å²) in [6.45, 7) is 11.0. The zero-order valence-electron chi connectivity index (χ0n) is 13.4. The van der Waals surface area contributed by atoms with E-state index in [9.17, 15) is 4.79 Å². The molecule has 1 saturated carbocycles. The Balaban J connectivity index is 1.96. The Bertz CT molecular complexity index is 327. The van der Waals surface area contributed by atoms with Crippen molar-refractivity contribution in [3.05, 3.63) is 0 Å². The molecule has 116 valence electrons. The summed E-state index contributed by atoms with van der Waals surface area (Å²) >= 11 is 0. The number of carbonyl (C=O) groups excluding carboxylic acids is 1. The molecule has 0 radical (unpaired) electrons. The molecule has 1 heterocycles. The smallest absolute Gasteiger partial charge is 0.230 e. The summed E-state index contributed by atoms with van der Waals surface area (Å²) < 4.78 is 0. The van der Waals surface area contributed by atoms with Crippen LogP contribution in [0.2, 0.25) is 0 Å². The van der Waals surface area contributed by atoms with Gasteiger partial charge in [-0.1, -0.05) is 6.92 Å². The fourth-order valence-corrected chi connectivity index (χ4v) is 3.60. The summed E-state index contributed by atoms with van der Waals surface area (Å²) in [6.07, 6.45) is 4.26. The van der Waals surface area contributed by atoms with Crippen LogP contribution in [0.25, 0.3) is 0 Å². The maximum Gasteiger partial charge on any atom is 0.230 e. The van der Waals surface area contributed by atoms with Gasteiger partial charge in [0.25, 0.3) is 0 Å². The second kappa shape index (κ2) is 6.44. The highest BCUT2D eigenvalue weighted by molar-refractivity contribution is 5.83. The third-order valence-electron chi connectivity index (χ3n) is 5.41. The topological polar surface area (TPSA) is 49.6 Å². The van der Waals surface area contributed by atoms with Crippen molar-refractivity contribution in [3.63, 3.8) is 0 Å². The van der Waals surface area contributed by atoms with Crippen molar-refractivity contribution in [2.45, 2.75) is 52.5 Å². The molecule has 2 rings (SSSR count). The molecule has 2 aliphatic rings. The van der Waals surface area contributed by atoms with Gasteiger partial charge in [-0.25, -0.2) is 0 Å². The van der Waals surface area contributed by atoms with Gasteiger partial charge < -0.3 is 10.6 Å². The predicted octanol–water partition coefficient (Wildman–Crippen LogP) is 1.69. The number of hydrogen-bond acceptors (Lipinski definition) is 3. The molecule has 1 saturated heterocycles. The van der Waals surface area contributed by atoms with Crippen LogP contribution in [0.15, 0.2) is 0 Å². The van der Waals surface area contributed by atoms with Gasteiger partial charge in [0.05, 0.1) is 5.41 Å². The Morgan fingerprint density at radius 2 is 1.75 bits per heavy atom. The Morgan fingerprint density at radius 3 is 2.20 bits per heavy atom. The number of hydrogen-bond donors (Lipinski definition) is 1. The first-order valence-electron chi connectivity index (χ1n) is 8.22. The van der Waals surface area contributed by atoms with Gasteiger partial charge in [-0.3, -0.25) is 9.69 Å². The minimum atomic E-state index is -0.257. The molecule has 1 aliphatic heterocycles. The molecule has 0 unspecified atom stereocenters. The first kappa shape index (κ1) is 15.8. The third-order valence-corrected chi connectivity index (χ3v) is 5.41. The van der Waals surface area contributed by atoms with Crippen molar-refractivity contribution < 1.29 is 4.79 Å². The van der Waals surface area contributed by atoms with Crippen molar-refractivity contribution in [1.82, 2.24) is 9.80 Å². The summed E-state index contributed by atoms with van der Waals surface area (Å²) in [5.74, 6) is 1.08. The third kappa shape index (κ3) is 3.17. The predicted molar refractivity (Wildman–Crippen MR) is 82.4 cm³/mol. The normalized spacial score (nSPS) is 32.6. The maximum absolute atomic E-state index is 12.9. The molecule has 0 aromatic rings. The lowest BCUT2D eigenvalue weighted by Crippen LogP contribution is -2.56. The first-order valence-corrected chi connectivity index (χ1v) is 8.22. The molecule has 0 aromatic carbocycles. The Hall–Kier alpha value is -0.610. The molecule has 4 nitrogen and oxygen atoms in total. The molecule has 4 heteroatoms. The average molecular weight is 281 g/mol. The Morgan fingerprint density at radius 1 is 1.20 bits per heavy atom. The van der Waals surface area contributed by atoms with E-state index in [2.05, 4.69) is 30.6 Å². The van der Waals surface area contributed by atoms with E-state index < -0.39 is 0 Å². The lowest BCUT2D eigenvalue weighted by atomic mass is 9.70. The number of nitrogens with zero attached hydrogens (tertiary/aromatic N) is 2. The van der Waals surface area contributed by atoms with Crippen LogP contribution in [0.4, 0.5) is 0 Å². The highest BCUT2D eigenvalue weighted by atomic mass is 16.2. The second-order valence-electron chi connectivity index (χ2n) is 7.09. The molecule has 2 N–H and O–H groups in total. The van der Waals surface area contributed by atoms with Crippen molar-refractivity contribution in [1.29, 1.82) is 0 Å². The van der Waals surface area contributed by atoms with E-state index in [0.29, 0.717) is 18.5 Å². The van der Waals surface area contributed by atoms with Crippen LogP contribution in [0.3, 0.4) is 0 Å². The molecule has 0 atom stereocenters. The number of carbonyl (C=O) groups is 1. The van der Waals surface area contributed by atoms with Gasteiger partial charge in [0.2, 0.25) is 5.91 Å². The van der Waals surface area contributed by atoms with Crippen LogP contribution in [-0.4, -0.2) is 54.5 Å². The fraction of sp³-hybridized carbons (Fsp3) is 0.938. The number of amides is 1. The van der Waals surface area contributed by atoms with Crippen LogP contribution in [-0.2, 0) is 4.79 Å². The molecule has 20 heavy (non-hydrogen) atoms. The standard InChI is InChI=1S/C16H31N3O/c1-13(2)18-8-10-19(11-9-18)15(20)16(12-17)6-4-14(3)5-7-16/h13-14H,4-12,17H2,1-3H3. The summed E-state index contributed by atoms with van der Waals surface area (Å²) in [5, 5.41) is 0. The molecule has 2 fully saturated rings. The maximum atomic E-state index is 12.9. The molecule has 1 amide bonds. The summed E-state index contributed by atoms with van der Waals surface area (Å²) in [4.78, 5) is 17.4. The first-order chi connectivity index (χ1) is 9.48. The van der Waals surface area contributed by atoms with Gasteiger partial charge in [0.1, 0.15) is 0 Å². The monoisotopic (exact) mass is 281 g/mol. The molecule has 0 aromatic heterocycles. The number of nitrogens with two attached hydrogens (primary N) is 1. The van der Waals surface area contributed by atoms with Crippen LogP contribution >= 0.6 is 0 Å². The zero-order valence-corrected chi connectivity index (χ0v) is 13.4. The Kier molecular flexibility index (Phi) is 5.08. The van der Waals surface area contributed by atoms with Gasteiger partial charge >= 0.3 is 0 Å². The van der Waals surface area contributed by atoms with Gasteiger partial charge in [0, 0.05) is 38.8 Å². The van der Waals surface area contributed by atoms with Crippen LogP contribution in [0.1, 0.15) is 46.5 Å². The molecule has 0 spiro atoms. The van der Waals surface area contributed by atoms with Gasteiger partial charge in [-0.15, -0.1) is 0 Å². The highest BCUT2D eigenvalue weighted by Crippen LogP contribution is 2.39. The van der Waals surface area contributed by atoms with Gasteiger partial charge in [0.15, 0.2) is 0 Å². The highest BCUT2D eigenvalue weighted by Gasteiger charge is 2.42. The lowest BCUT2D eigenvalue weighted by Gasteiger charge is -2.44.